The molecule has 3 rings (SSSR count). The average molecular weight is 1030 g/mol. The number of unbranched alkanes of at least 4 members (excludes halogenated alkanes) is 8. The maximum Gasteiger partial charge on any atom is 0.222 e. The van der Waals surface area contributed by atoms with Gasteiger partial charge in [-0.05, 0) is 77.0 Å². The summed E-state index contributed by atoms with van der Waals surface area (Å²) in [6.07, 6.45) is -0.108. The number of amides is 5. The molecule has 13 atom stereocenters. The van der Waals surface area contributed by atoms with Gasteiger partial charge in [0.2, 0.25) is 29.5 Å². The van der Waals surface area contributed by atoms with Gasteiger partial charge in [0.05, 0.1) is 44.1 Å². The summed E-state index contributed by atoms with van der Waals surface area (Å²) in [6, 6.07) is -2.12. The van der Waals surface area contributed by atoms with Gasteiger partial charge in [-0.3, -0.25) is 28.8 Å². The first kappa shape index (κ1) is 62.8. The molecule has 3 aliphatic rings. The number of carbonyl (C=O) groups excluding carboxylic acids is 6. The van der Waals surface area contributed by atoms with E-state index in [0.717, 1.165) is 25.7 Å². The molecule has 0 aromatic heterocycles. The molecule has 10 unspecified atom stereocenters. The molecule has 0 aliphatic carbocycles. The smallest absolute Gasteiger partial charge is 0.222 e. The number of Topliss-reactive ketones (excluding diaryl/α,β-unsaturated/α-hetero) is 1. The molecule has 23 nitrogen and oxygen atoms in total. The Morgan fingerprint density at radius 3 is 1.71 bits per heavy atom. The van der Waals surface area contributed by atoms with Gasteiger partial charge in [-0.1, -0.05) is 26.2 Å². The molecule has 416 valence electrons. The highest BCUT2D eigenvalue weighted by molar-refractivity contribution is 5.89. The van der Waals surface area contributed by atoms with Crippen molar-refractivity contribution in [3.63, 3.8) is 0 Å². The van der Waals surface area contributed by atoms with Gasteiger partial charge >= 0.3 is 0 Å². The van der Waals surface area contributed by atoms with Crippen LogP contribution in [0.3, 0.4) is 0 Å². The molecule has 3 saturated heterocycles. The number of hydrogen-bond donors (Lipinski definition) is 12. The van der Waals surface area contributed by atoms with Gasteiger partial charge in [-0.25, -0.2) is 0 Å². The van der Waals surface area contributed by atoms with Gasteiger partial charge in [0.15, 0.2) is 18.4 Å². The van der Waals surface area contributed by atoms with Crippen LogP contribution < -0.4 is 21.3 Å². The van der Waals surface area contributed by atoms with Crippen LogP contribution in [0.25, 0.3) is 0 Å². The van der Waals surface area contributed by atoms with Crippen LogP contribution in [0.1, 0.15) is 142 Å². The van der Waals surface area contributed by atoms with Gasteiger partial charge in [-0.15, -0.1) is 0 Å². The molecule has 5 amide bonds. The first-order chi connectivity index (χ1) is 34.5. The summed E-state index contributed by atoms with van der Waals surface area (Å²) in [7, 11) is 0. The highest BCUT2D eigenvalue weighted by Gasteiger charge is 2.45. The van der Waals surface area contributed by atoms with Crippen LogP contribution in [0.4, 0.5) is 0 Å². The molecule has 0 radical (unpaired) electrons. The van der Waals surface area contributed by atoms with Crippen molar-refractivity contribution in [2.45, 2.75) is 216 Å². The third-order valence-corrected chi connectivity index (χ3v) is 13.5. The molecule has 0 saturated carbocycles. The molecular weight excluding hydrogens is 947 g/mol. The number of nitrogens with one attached hydrogen (secondary N) is 4. The minimum Gasteiger partial charge on any atom is -0.394 e. The molecule has 3 aliphatic heterocycles. The number of ketones is 1. The van der Waals surface area contributed by atoms with Crippen LogP contribution in [0.15, 0.2) is 0 Å². The van der Waals surface area contributed by atoms with Crippen LogP contribution >= 0.6 is 0 Å². The summed E-state index contributed by atoms with van der Waals surface area (Å²) >= 11 is 0. The highest BCUT2D eigenvalue weighted by Crippen LogP contribution is 2.27. The SMILES string of the molecule is CC(=O)NC1C(OCCCCC(=O)NCCCC[C@@H](NC(=O)CCCCOC2OC(CO)C(O)C(O)C2C)C(=O)CCCCCCC(=O)NCCCCCC(=O)N2C[C@H](O)C[C@H]2CO)OC(CO)C(O)C1O. The Bertz CT molecular complexity index is 1610. The first-order valence-electron chi connectivity index (χ1n) is 26.2. The van der Waals surface area contributed by atoms with Gasteiger partial charge in [0.25, 0.3) is 0 Å². The largest absolute Gasteiger partial charge is 0.394 e. The van der Waals surface area contributed by atoms with Crippen molar-refractivity contribution in [2.75, 3.05) is 52.7 Å². The van der Waals surface area contributed by atoms with Crippen LogP contribution in [0.2, 0.25) is 0 Å². The summed E-state index contributed by atoms with van der Waals surface area (Å²) < 4.78 is 22.6. The zero-order chi connectivity index (χ0) is 53.0. The minimum atomic E-state index is -1.43. The molecule has 3 heterocycles. The molecule has 23 heteroatoms. The third kappa shape index (κ3) is 22.6. The van der Waals surface area contributed by atoms with Crippen molar-refractivity contribution >= 4 is 35.3 Å². The van der Waals surface area contributed by atoms with E-state index in [0.29, 0.717) is 96.6 Å². The first-order valence-corrected chi connectivity index (χ1v) is 26.2. The molecule has 0 spiro atoms. The number of aliphatic hydroxyl groups excluding tert-OH is 8. The van der Waals surface area contributed by atoms with Gasteiger partial charge in [0, 0.05) is 77.8 Å². The Morgan fingerprint density at radius 2 is 1.11 bits per heavy atom. The molecular formula is C49H87N5O18. The zero-order valence-corrected chi connectivity index (χ0v) is 42.4. The van der Waals surface area contributed by atoms with Crippen molar-refractivity contribution in [3.8, 4) is 0 Å². The number of likely N-dealkylation sites (tertiary alicyclic amines) is 1. The Hall–Kier alpha value is -3.46. The molecule has 12 N–H and O–H groups in total. The summed E-state index contributed by atoms with van der Waals surface area (Å²) in [4.78, 5) is 77.2. The summed E-state index contributed by atoms with van der Waals surface area (Å²) in [5.41, 5.74) is 0. The second kappa shape index (κ2) is 34.9. The van der Waals surface area contributed by atoms with E-state index in [-0.39, 0.29) is 81.1 Å². The van der Waals surface area contributed by atoms with E-state index in [4.69, 9.17) is 18.9 Å². The lowest BCUT2D eigenvalue weighted by atomic mass is 9.92. The number of ether oxygens (including phenoxy) is 4. The van der Waals surface area contributed by atoms with Crippen LogP contribution in [0.5, 0.6) is 0 Å². The molecule has 0 aromatic rings. The number of carbonyl (C=O) groups is 6. The normalized spacial score (nSPS) is 27.8. The lowest BCUT2D eigenvalue weighted by molar-refractivity contribution is -0.282. The van der Waals surface area contributed by atoms with Crippen molar-refractivity contribution in [1.82, 2.24) is 26.2 Å². The summed E-state index contributed by atoms with van der Waals surface area (Å²) in [5, 5.41) is 90.4. The molecule has 0 bridgehead atoms. The van der Waals surface area contributed by atoms with E-state index in [2.05, 4.69) is 21.3 Å². The van der Waals surface area contributed by atoms with E-state index in [1.807, 2.05) is 0 Å². The fourth-order valence-electron chi connectivity index (χ4n) is 9.09. The lowest BCUT2D eigenvalue weighted by Crippen LogP contribution is -2.64. The van der Waals surface area contributed by atoms with E-state index in [1.54, 1.807) is 11.8 Å². The topological polar surface area (TPSA) is 353 Å². The monoisotopic (exact) mass is 1030 g/mol. The fourth-order valence-corrected chi connectivity index (χ4v) is 9.09. The highest BCUT2D eigenvalue weighted by atomic mass is 16.7. The van der Waals surface area contributed by atoms with E-state index in [1.165, 1.54) is 6.92 Å². The van der Waals surface area contributed by atoms with E-state index in [9.17, 15) is 69.6 Å². The Labute approximate surface area is 423 Å². The van der Waals surface area contributed by atoms with Crippen molar-refractivity contribution in [2.24, 2.45) is 5.92 Å². The molecule has 72 heavy (non-hydrogen) atoms. The van der Waals surface area contributed by atoms with Crippen LogP contribution in [0, 0.1) is 5.92 Å². The average Bonchev–Trinajstić information content (AvgIpc) is 3.75. The second-order valence-electron chi connectivity index (χ2n) is 19.4. The Balaban J connectivity index is 1.34. The van der Waals surface area contributed by atoms with Crippen LogP contribution in [-0.2, 0) is 47.7 Å². The number of nitrogens with zero attached hydrogens (tertiary/aromatic N) is 1. The predicted octanol–water partition coefficient (Wildman–Crippen LogP) is -1.31. The van der Waals surface area contributed by atoms with E-state index >= 15 is 0 Å². The van der Waals surface area contributed by atoms with Gasteiger partial charge in [-0.2, -0.15) is 0 Å². The van der Waals surface area contributed by atoms with Crippen LogP contribution in [-0.4, -0.2) is 207 Å². The quantitative estimate of drug-likeness (QED) is 0.0324. The standard InChI is InChI=1S/C49H87N5O18/c1-31-44(65)45(66)37(29-56)71-48(31)69-24-15-11-20-41(63)53-35(16-9-13-23-51-40(62)19-10-14-25-70-49-43(52-32(2)58)47(68)46(67)38(30-57)72-49)36(60)17-6-3-4-7-18-39(61)50-22-12-5-8-21-42(64)54-27-34(59)26-33(54)28-55/h31,33-35,37-38,43-49,55-57,59,65-68H,3-30H2,1-2H3,(H,50,61)(H,51,62)(H,52,58)(H,53,63)/t31?,33-,34+,35+,37?,38?,43?,44?,45?,46?,47?,48?,49?/m0/s1. The third-order valence-electron chi connectivity index (χ3n) is 13.5. The number of aliphatic hydroxyl groups is 8. The van der Waals surface area contributed by atoms with Gasteiger partial charge < -0.3 is 86.0 Å². The summed E-state index contributed by atoms with van der Waals surface area (Å²) in [5.74, 6) is -1.74. The molecule has 0 aromatic carbocycles. The van der Waals surface area contributed by atoms with Crippen molar-refractivity contribution in [3.05, 3.63) is 0 Å². The van der Waals surface area contributed by atoms with Gasteiger partial charge in [0.1, 0.15) is 36.6 Å². The lowest BCUT2D eigenvalue weighted by Gasteiger charge is -2.42. The maximum atomic E-state index is 13.5. The Kier molecular flexibility index (Phi) is 30.5. The van der Waals surface area contributed by atoms with E-state index < -0.39 is 92.4 Å². The minimum absolute atomic E-state index is 0.0625. The van der Waals surface area contributed by atoms with Crippen molar-refractivity contribution < 1.29 is 88.6 Å². The van der Waals surface area contributed by atoms with Crippen molar-refractivity contribution in [1.29, 1.82) is 0 Å². The maximum absolute atomic E-state index is 13.5. The Morgan fingerprint density at radius 1 is 0.597 bits per heavy atom. The zero-order valence-electron chi connectivity index (χ0n) is 42.4. The number of hydrogen-bond acceptors (Lipinski definition) is 18. The second-order valence-corrected chi connectivity index (χ2v) is 19.4. The molecule has 3 fully saturated rings. The number of rotatable bonds is 36. The predicted molar refractivity (Wildman–Crippen MR) is 258 cm³/mol. The number of β-amino-alcohol motifs (C(OH)–C–C–N with tert-alkyl or cyclic N) is 1. The fraction of sp³-hybridized carbons (Fsp3) is 0.878. The summed E-state index contributed by atoms with van der Waals surface area (Å²) in [6.45, 7) is 3.12.